The fraction of sp³-hybridized carbons (Fsp3) is 0.0323. The first-order valence-corrected chi connectivity index (χ1v) is 12.6. The molecule has 0 unspecified atom stereocenters. The van der Waals surface area contributed by atoms with Crippen LogP contribution in [0.15, 0.2) is 109 Å². The van der Waals surface area contributed by atoms with Crippen LogP contribution in [0.1, 0.15) is 11.1 Å². The van der Waals surface area contributed by atoms with Crippen LogP contribution in [-0.4, -0.2) is 4.21 Å². The number of halogens is 4. The Morgan fingerprint density at radius 2 is 1.22 bits per heavy atom. The van der Waals surface area contributed by atoms with Crippen molar-refractivity contribution < 1.29 is 57.8 Å². The molecule has 0 nitrogen and oxygen atoms in total. The minimum atomic E-state index is -0.268. The molecule has 5 heteroatoms. The van der Waals surface area contributed by atoms with Crippen molar-refractivity contribution in [1.29, 1.82) is 0 Å². The van der Waals surface area contributed by atoms with Crippen LogP contribution in [0.4, 0.5) is 8.78 Å². The van der Waals surface area contributed by atoms with Crippen molar-refractivity contribution in [3.63, 3.8) is 0 Å². The third kappa shape index (κ3) is 6.80. The Hall–Kier alpha value is -2.58. The van der Waals surface area contributed by atoms with E-state index >= 15 is 0 Å². The van der Waals surface area contributed by atoms with E-state index in [1.165, 1.54) is 59.6 Å². The summed E-state index contributed by atoms with van der Waals surface area (Å²) in [5.74, 6) is -0.534. The molecule has 0 radical (unpaired) electrons. The van der Waals surface area contributed by atoms with Gasteiger partial charge in [-0.05, 0) is 36.2 Å². The van der Waals surface area contributed by atoms with E-state index < -0.39 is 0 Å². The van der Waals surface area contributed by atoms with E-state index in [4.69, 9.17) is 0 Å². The van der Waals surface area contributed by atoms with Gasteiger partial charge in [-0.1, -0.05) is 70.8 Å². The molecule has 0 fully saturated rings. The summed E-state index contributed by atoms with van der Waals surface area (Å²) in [6.07, 6.45) is 0.837. The van der Waals surface area contributed by atoms with Gasteiger partial charge in [-0.3, -0.25) is 0 Å². The Balaban J connectivity index is 0.000000448. The van der Waals surface area contributed by atoms with Gasteiger partial charge >= 0.3 is 28.4 Å². The maximum Gasteiger partial charge on any atom is -0.172 e. The Labute approximate surface area is 238 Å². The van der Waals surface area contributed by atoms with Crippen molar-refractivity contribution in [3.8, 4) is 33.4 Å². The molecule has 180 valence electrons. The first-order valence-electron chi connectivity index (χ1n) is 10.9. The van der Waals surface area contributed by atoms with Gasteiger partial charge < -0.3 is 24.8 Å². The fourth-order valence-electron chi connectivity index (χ4n) is 4.12. The van der Waals surface area contributed by atoms with E-state index in [1.54, 1.807) is 24.3 Å². The van der Waals surface area contributed by atoms with Gasteiger partial charge in [0.1, 0.15) is 11.6 Å². The molecule has 0 amide bonds. The number of hydrogen-bond acceptors (Lipinski definition) is 0. The van der Waals surface area contributed by atoms with Gasteiger partial charge in [-0.15, -0.1) is 28.8 Å². The molecule has 0 saturated carbocycles. The van der Waals surface area contributed by atoms with Gasteiger partial charge in [0.15, 0.2) is 0 Å². The van der Waals surface area contributed by atoms with Gasteiger partial charge in [0.25, 0.3) is 0 Å². The summed E-state index contributed by atoms with van der Waals surface area (Å²) in [6, 6.07) is 37.0. The minimum absolute atomic E-state index is 0. The molecule has 0 spiro atoms. The van der Waals surface area contributed by atoms with E-state index in [9.17, 15) is 8.78 Å². The maximum absolute atomic E-state index is 13.4. The first kappa shape index (κ1) is 29.7. The standard InChI is InChI=1S/C25H15F2.C5H5.CH2.2ClH.Zr/c26-20-9-5-16(6-10-20)23-14-19-13-18-3-1-2-4-22(18)25(19)15-24(23)17-7-11-21(27)12-8-17;1-2-4-5-3-1;;;;/h1-12,15H,13H2;1-5H;1H2;2*1H;/q2*-1;;;;+2/p-2. The Morgan fingerprint density at radius 1 is 0.667 bits per heavy atom. The molecule has 1 aliphatic carbocycles. The van der Waals surface area contributed by atoms with Gasteiger partial charge in [0, 0.05) is 0 Å². The van der Waals surface area contributed by atoms with Crippen LogP contribution in [0.5, 0.6) is 0 Å². The van der Waals surface area contributed by atoms with E-state index in [1.807, 2.05) is 42.5 Å². The SMILES string of the molecule is Fc1ccc(-c2[c-]c3c(cc2-c2ccc(F)cc2)-c2ccccc2C3)cc1.[CH2]=[Zr+2].[Cl-].[Cl-].c1cc[cH-]c1. The second kappa shape index (κ2) is 14.2. The van der Waals surface area contributed by atoms with Crippen molar-refractivity contribution in [2.24, 2.45) is 0 Å². The summed E-state index contributed by atoms with van der Waals surface area (Å²) >= 11 is 1.30. The van der Waals surface area contributed by atoms with Gasteiger partial charge in [0.05, 0.1) is 0 Å². The number of rotatable bonds is 2. The largest absolute Gasteiger partial charge is 1.00 e. The van der Waals surface area contributed by atoms with Crippen LogP contribution < -0.4 is 24.8 Å². The van der Waals surface area contributed by atoms with Crippen molar-refractivity contribution >= 4 is 4.21 Å². The minimum Gasteiger partial charge on any atom is -1.00 e. The van der Waals surface area contributed by atoms with Gasteiger partial charge in [-0.2, -0.15) is 18.2 Å². The molecule has 5 aromatic carbocycles. The molecule has 0 aliphatic heterocycles. The molecule has 5 aromatic rings. The summed E-state index contributed by atoms with van der Waals surface area (Å²) in [6.45, 7) is 0. The number of hydrogen-bond donors (Lipinski definition) is 0. The first-order chi connectivity index (χ1) is 16.7. The van der Waals surface area contributed by atoms with Crippen molar-refractivity contribution in [2.75, 3.05) is 0 Å². The van der Waals surface area contributed by atoms with E-state index in [0.29, 0.717) is 0 Å². The fourth-order valence-corrected chi connectivity index (χ4v) is 4.12. The topological polar surface area (TPSA) is 0 Å². The van der Waals surface area contributed by atoms with Crippen molar-refractivity contribution in [2.45, 2.75) is 6.42 Å². The molecule has 0 N–H and O–H groups in total. The van der Waals surface area contributed by atoms with Gasteiger partial charge in [0.2, 0.25) is 0 Å². The average molecular weight is 595 g/mol. The molecular formula is C31H22Cl2F2Zr-2. The molecular weight excluding hydrogens is 572 g/mol. The van der Waals surface area contributed by atoms with Crippen molar-refractivity contribution in [3.05, 3.63) is 138 Å². The van der Waals surface area contributed by atoms with Crippen LogP contribution >= 0.6 is 0 Å². The monoisotopic (exact) mass is 592 g/mol. The summed E-state index contributed by atoms with van der Waals surface area (Å²) in [5, 5.41) is 0. The molecule has 0 atom stereocenters. The van der Waals surface area contributed by atoms with Gasteiger partial charge in [-0.25, -0.2) is 20.9 Å². The third-order valence-corrected chi connectivity index (χ3v) is 5.68. The zero-order valence-corrected chi connectivity index (χ0v) is 23.3. The van der Waals surface area contributed by atoms with E-state index in [0.717, 1.165) is 39.8 Å². The van der Waals surface area contributed by atoms with Crippen LogP contribution in [0.25, 0.3) is 33.4 Å². The van der Waals surface area contributed by atoms with Crippen LogP contribution in [0, 0.1) is 17.7 Å². The molecule has 0 heterocycles. The molecule has 0 aromatic heterocycles. The molecule has 0 saturated heterocycles. The number of fused-ring (bicyclic) bond motifs is 3. The Kier molecular flexibility index (Phi) is 11.7. The maximum atomic E-state index is 13.4. The van der Waals surface area contributed by atoms with E-state index in [-0.39, 0.29) is 36.4 Å². The Bertz CT molecular complexity index is 1350. The van der Waals surface area contributed by atoms with Crippen LogP contribution in [0.2, 0.25) is 0 Å². The zero-order valence-electron chi connectivity index (χ0n) is 19.3. The molecule has 6 rings (SSSR count). The predicted octanol–water partition coefficient (Wildman–Crippen LogP) is 2.05. The number of benzene rings is 4. The summed E-state index contributed by atoms with van der Waals surface area (Å²) in [7, 11) is 0. The van der Waals surface area contributed by atoms with E-state index in [2.05, 4.69) is 28.5 Å². The second-order valence-corrected chi connectivity index (χ2v) is 7.76. The zero-order chi connectivity index (χ0) is 23.9. The quantitative estimate of drug-likeness (QED) is 0.270. The predicted molar refractivity (Wildman–Crippen MR) is 133 cm³/mol. The van der Waals surface area contributed by atoms with Crippen LogP contribution in [-0.2, 0) is 30.7 Å². The summed E-state index contributed by atoms with van der Waals surface area (Å²) < 4.78 is 30.2. The summed E-state index contributed by atoms with van der Waals surface area (Å²) in [5.41, 5.74) is 8.50. The van der Waals surface area contributed by atoms with Crippen LogP contribution in [0.3, 0.4) is 0 Å². The molecule has 0 bridgehead atoms. The van der Waals surface area contributed by atoms with Crippen molar-refractivity contribution in [1.82, 2.24) is 0 Å². The normalized spacial score (nSPS) is 10.2. The summed E-state index contributed by atoms with van der Waals surface area (Å²) in [4.78, 5) is 0. The molecule has 1 aliphatic rings. The average Bonchev–Trinajstić information content (AvgIpc) is 3.57. The Morgan fingerprint density at radius 3 is 1.78 bits per heavy atom. The third-order valence-electron chi connectivity index (χ3n) is 5.68. The molecule has 36 heavy (non-hydrogen) atoms. The second-order valence-electron chi connectivity index (χ2n) is 7.76. The smallest absolute Gasteiger partial charge is 0.172 e.